The second kappa shape index (κ2) is 6.89. The van der Waals surface area contributed by atoms with Crippen LogP contribution >= 0.6 is 0 Å². The largest absolute Gasteiger partial charge is 0.489 e. The van der Waals surface area contributed by atoms with Crippen molar-refractivity contribution in [3.63, 3.8) is 0 Å². The van der Waals surface area contributed by atoms with Crippen LogP contribution in [0.1, 0.15) is 29.2 Å². The van der Waals surface area contributed by atoms with Crippen LogP contribution in [0, 0.1) is 13.8 Å². The van der Waals surface area contributed by atoms with E-state index in [1.807, 2.05) is 43.3 Å². The average molecular weight is 280 g/mol. The van der Waals surface area contributed by atoms with Crippen molar-refractivity contribution in [2.75, 3.05) is 0 Å². The SMILES string of the molecule is CC(=O)/C=C/c1ccc(OCc2ccccc2C)c(C)c1. The Morgan fingerprint density at radius 3 is 2.52 bits per heavy atom. The molecule has 0 aliphatic heterocycles. The lowest BCUT2D eigenvalue weighted by atomic mass is 10.1. The molecule has 108 valence electrons. The first-order valence-corrected chi connectivity index (χ1v) is 7.03. The molecule has 0 saturated heterocycles. The van der Waals surface area contributed by atoms with Crippen LogP contribution in [-0.4, -0.2) is 5.78 Å². The Morgan fingerprint density at radius 1 is 1.10 bits per heavy atom. The van der Waals surface area contributed by atoms with E-state index in [4.69, 9.17) is 4.74 Å². The summed E-state index contributed by atoms with van der Waals surface area (Å²) in [7, 11) is 0. The van der Waals surface area contributed by atoms with Crippen molar-refractivity contribution in [2.45, 2.75) is 27.4 Å². The molecule has 0 fully saturated rings. The molecule has 2 aromatic rings. The lowest BCUT2D eigenvalue weighted by molar-refractivity contribution is -0.112. The highest BCUT2D eigenvalue weighted by Gasteiger charge is 2.02. The van der Waals surface area contributed by atoms with Gasteiger partial charge in [0.25, 0.3) is 0 Å². The van der Waals surface area contributed by atoms with Gasteiger partial charge in [0.1, 0.15) is 12.4 Å². The van der Waals surface area contributed by atoms with Crippen molar-refractivity contribution < 1.29 is 9.53 Å². The number of benzene rings is 2. The molecule has 0 saturated carbocycles. The summed E-state index contributed by atoms with van der Waals surface area (Å²) in [6.45, 7) is 6.21. The van der Waals surface area contributed by atoms with Crippen molar-refractivity contribution in [3.8, 4) is 5.75 Å². The number of hydrogen-bond acceptors (Lipinski definition) is 2. The highest BCUT2D eigenvalue weighted by molar-refractivity contribution is 5.91. The molecule has 0 aromatic heterocycles. The summed E-state index contributed by atoms with van der Waals surface area (Å²) in [4.78, 5) is 10.9. The van der Waals surface area contributed by atoms with Gasteiger partial charge in [-0.05, 0) is 61.2 Å². The predicted octanol–water partition coefficient (Wildman–Crippen LogP) is 4.48. The number of ketones is 1. The summed E-state index contributed by atoms with van der Waals surface area (Å²) in [5, 5.41) is 0. The fraction of sp³-hybridized carbons (Fsp3) is 0.211. The normalized spacial score (nSPS) is 10.8. The molecule has 2 rings (SSSR count). The zero-order valence-electron chi connectivity index (χ0n) is 12.7. The van der Waals surface area contributed by atoms with E-state index in [1.165, 1.54) is 11.1 Å². The molecule has 0 aliphatic rings. The molecule has 2 aromatic carbocycles. The van der Waals surface area contributed by atoms with E-state index in [9.17, 15) is 4.79 Å². The topological polar surface area (TPSA) is 26.3 Å². The number of hydrogen-bond donors (Lipinski definition) is 0. The van der Waals surface area contributed by atoms with Gasteiger partial charge in [0.2, 0.25) is 0 Å². The molecular formula is C19H20O2. The van der Waals surface area contributed by atoms with Gasteiger partial charge in [-0.25, -0.2) is 0 Å². The zero-order chi connectivity index (χ0) is 15.2. The predicted molar refractivity (Wildman–Crippen MR) is 86.4 cm³/mol. The number of aryl methyl sites for hydroxylation is 2. The first kappa shape index (κ1) is 15.0. The molecule has 0 bridgehead atoms. The summed E-state index contributed by atoms with van der Waals surface area (Å²) in [6.07, 6.45) is 3.39. The molecule has 0 amide bonds. The van der Waals surface area contributed by atoms with E-state index in [-0.39, 0.29) is 5.78 Å². The number of rotatable bonds is 5. The molecule has 0 N–H and O–H groups in total. The molecule has 0 heterocycles. The molecule has 2 nitrogen and oxygen atoms in total. The van der Waals surface area contributed by atoms with E-state index in [1.54, 1.807) is 13.0 Å². The molecule has 0 radical (unpaired) electrons. The highest BCUT2D eigenvalue weighted by atomic mass is 16.5. The van der Waals surface area contributed by atoms with Crippen LogP contribution in [0.2, 0.25) is 0 Å². The van der Waals surface area contributed by atoms with E-state index < -0.39 is 0 Å². The fourth-order valence-electron chi connectivity index (χ4n) is 2.08. The second-order valence-corrected chi connectivity index (χ2v) is 5.18. The Morgan fingerprint density at radius 2 is 1.86 bits per heavy atom. The third-order valence-corrected chi connectivity index (χ3v) is 3.35. The lowest BCUT2D eigenvalue weighted by Crippen LogP contribution is -1.99. The van der Waals surface area contributed by atoms with Crippen LogP contribution in [0.3, 0.4) is 0 Å². The third-order valence-electron chi connectivity index (χ3n) is 3.35. The summed E-state index contributed by atoms with van der Waals surface area (Å²) in [5.74, 6) is 0.922. The number of ether oxygens (including phenoxy) is 1. The van der Waals surface area contributed by atoms with Crippen LogP contribution in [0.4, 0.5) is 0 Å². The van der Waals surface area contributed by atoms with Gasteiger partial charge in [-0.3, -0.25) is 4.79 Å². The summed E-state index contributed by atoms with van der Waals surface area (Å²) in [6, 6.07) is 14.1. The zero-order valence-corrected chi connectivity index (χ0v) is 12.7. The first-order chi connectivity index (χ1) is 10.1. The Balaban J connectivity index is 2.08. The Hall–Kier alpha value is -2.35. The first-order valence-electron chi connectivity index (χ1n) is 7.03. The Kier molecular flexibility index (Phi) is 4.94. The molecule has 0 spiro atoms. The Labute approximate surface area is 126 Å². The van der Waals surface area contributed by atoms with Crippen LogP contribution in [0.5, 0.6) is 5.75 Å². The van der Waals surface area contributed by atoms with Gasteiger partial charge in [0, 0.05) is 0 Å². The molecule has 2 heteroatoms. The van der Waals surface area contributed by atoms with E-state index in [0.29, 0.717) is 6.61 Å². The molecular weight excluding hydrogens is 260 g/mol. The van der Waals surface area contributed by atoms with E-state index >= 15 is 0 Å². The van der Waals surface area contributed by atoms with Crippen LogP contribution in [-0.2, 0) is 11.4 Å². The van der Waals surface area contributed by atoms with Crippen molar-refractivity contribution in [1.29, 1.82) is 0 Å². The van der Waals surface area contributed by atoms with Gasteiger partial charge in [0.15, 0.2) is 5.78 Å². The van der Waals surface area contributed by atoms with Gasteiger partial charge in [-0.1, -0.05) is 36.4 Å². The maximum Gasteiger partial charge on any atom is 0.152 e. The quantitative estimate of drug-likeness (QED) is 0.755. The summed E-state index contributed by atoms with van der Waals surface area (Å²) in [5.41, 5.74) is 4.49. The van der Waals surface area contributed by atoms with Crippen LogP contribution in [0.25, 0.3) is 6.08 Å². The smallest absolute Gasteiger partial charge is 0.152 e. The van der Waals surface area contributed by atoms with Gasteiger partial charge < -0.3 is 4.74 Å². The van der Waals surface area contributed by atoms with Crippen LogP contribution < -0.4 is 4.74 Å². The van der Waals surface area contributed by atoms with E-state index in [2.05, 4.69) is 19.1 Å². The minimum absolute atomic E-state index is 0.0486. The maximum absolute atomic E-state index is 10.9. The van der Waals surface area contributed by atoms with Gasteiger partial charge >= 0.3 is 0 Å². The fourth-order valence-corrected chi connectivity index (χ4v) is 2.08. The monoisotopic (exact) mass is 280 g/mol. The van der Waals surface area contributed by atoms with Crippen molar-refractivity contribution in [3.05, 3.63) is 70.8 Å². The van der Waals surface area contributed by atoms with Crippen molar-refractivity contribution >= 4 is 11.9 Å². The number of carbonyl (C=O) groups is 1. The maximum atomic E-state index is 10.9. The minimum Gasteiger partial charge on any atom is -0.489 e. The highest BCUT2D eigenvalue weighted by Crippen LogP contribution is 2.21. The summed E-state index contributed by atoms with van der Waals surface area (Å²) < 4.78 is 5.89. The van der Waals surface area contributed by atoms with E-state index in [0.717, 1.165) is 16.9 Å². The molecule has 21 heavy (non-hydrogen) atoms. The molecule has 0 unspecified atom stereocenters. The number of carbonyl (C=O) groups excluding carboxylic acids is 1. The second-order valence-electron chi connectivity index (χ2n) is 5.18. The Bertz CT molecular complexity index is 669. The molecule has 0 atom stereocenters. The average Bonchev–Trinajstić information content (AvgIpc) is 2.45. The van der Waals surface area contributed by atoms with Crippen LogP contribution in [0.15, 0.2) is 48.5 Å². The number of allylic oxidation sites excluding steroid dienone is 1. The lowest BCUT2D eigenvalue weighted by Gasteiger charge is -2.11. The van der Waals surface area contributed by atoms with Gasteiger partial charge in [-0.2, -0.15) is 0 Å². The van der Waals surface area contributed by atoms with Crippen molar-refractivity contribution in [2.24, 2.45) is 0 Å². The standard InChI is InChI=1S/C19H20O2/c1-14-6-4-5-7-18(14)13-21-19-11-10-17(12-15(19)2)9-8-16(3)20/h4-12H,13H2,1-3H3/b9-8+. The van der Waals surface area contributed by atoms with Crippen molar-refractivity contribution in [1.82, 2.24) is 0 Å². The minimum atomic E-state index is 0.0486. The van der Waals surface area contributed by atoms with Gasteiger partial charge in [-0.15, -0.1) is 0 Å². The van der Waals surface area contributed by atoms with Gasteiger partial charge in [0.05, 0.1) is 0 Å². The summed E-state index contributed by atoms with van der Waals surface area (Å²) >= 11 is 0. The molecule has 0 aliphatic carbocycles. The third kappa shape index (κ3) is 4.32.